The topological polar surface area (TPSA) is 30.9 Å². The third-order valence-corrected chi connectivity index (χ3v) is 2.94. The molecule has 2 rings (SSSR count). The lowest BCUT2D eigenvalue weighted by Gasteiger charge is -2.27. The molecule has 4 heteroatoms. The zero-order valence-electron chi connectivity index (χ0n) is 9.70. The number of rotatable bonds is 3. The van der Waals surface area contributed by atoms with E-state index in [2.05, 4.69) is 4.90 Å². The van der Waals surface area contributed by atoms with Gasteiger partial charge in [0.05, 0.1) is 25.9 Å². The summed E-state index contributed by atoms with van der Waals surface area (Å²) in [6.07, 6.45) is 1.33. The Hall–Kier alpha value is -0.160. The molecule has 2 heterocycles. The van der Waals surface area contributed by atoms with E-state index in [0.717, 1.165) is 45.9 Å². The van der Waals surface area contributed by atoms with E-state index in [4.69, 9.17) is 14.2 Å². The third kappa shape index (κ3) is 3.41. The first kappa shape index (κ1) is 11.3. The van der Waals surface area contributed by atoms with Crippen LogP contribution in [-0.2, 0) is 14.2 Å². The molecular weight excluding hydrogens is 194 g/mol. The van der Waals surface area contributed by atoms with Crippen molar-refractivity contribution in [1.29, 1.82) is 0 Å². The lowest BCUT2D eigenvalue weighted by molar-refractivity contribution is -0.139. The van der Waals surface area contributed by atoms with E-state index < -0.39 is 0 Å². The average molecular weight is 215 g/mol. The molecule has 0 aromatic rings. The number of morpholine rings is 1. The SMILES string of the molecule is CC1(C)OCC(CCN2CCOCC2)O1. The van der Waals surface area contributed by atoms with Crippen molar-refractivity contribution in [3.63, 3.8) is 0 Å². The number of nitrogens with zero attached hydrogens (tertiary/aromatic N) is 1. The van der Waals surface area contributed by atoms with E-state index in [-0.39, 0.29) is 11.9 Å². The van der Waals surface area contributed by atoms with E-state index in [1.54, 1.807) is 0 Å². The standard InChI is InChI=1S/C11H21NO3/c1-11(2)14-9-10(15-11)3-4-12-5-7-13-8-6-12/h10H,3-9H2,1-2H3. The summed E-state index contributed by atoms with van der Waals surface area (Å²) in [6.45, 7) is 9.61. The maximum atomic E-state index is 5.76. The molecule has 2 aliphatic heterocycles. The van der Waals surface area contributed by atoms with E-state index in [0.29, 0.717) is 0 Å². The van der Waals surface area contributed by atoms with Gasteiger partial charge in [-0.05, 0) is 20.3 Å². The first-order valence-electron chi connectivity index (χ1n) is 5.78. The summed E-state index contributed by atoms with van der Waals surface area (Å²) in [6, 6.07) is 0. The minimum Gasteiger partial charge on any atom is -0.379 e. The first-order chi connectivity index (χ1) is 7.16. The van der Waals surface area contributed by atoms with Gasteiger partial charge in [0.25, 0.3) is 0 Å². The Morgan fingerprint density at radius 3 is 2.60 bits per heavy atom. The van der Waals surface area contributed by atoms with Gasteiger partial charge in [-0.3, -0.25) is 4.90 Å². The highest BCUT2D eigenvalue weighted by Gasteiger charge is 2.32. The molecule has 2 aliphatic rings. The van der Waals surface area contributed by atoms with Gasteiger partial charge in [0, 0.05) is 19.6 Å². The maximum absolute atomic E-state index is 5.76. The van der Waals surface area contributed by atoms with Crippen LogP contribution in [0.15, 0.2) is 0 Å². The summed E-state index contributed by atoms with van der Waals surface area (Å²) in [5.74, 6) is -0.379. The van der Waals surface area contributed by atoms with Crippen LogP contribution in [0.25, 0.3) is 0 Å². The summed E-state index contributed by atoms with van der Waals surface area (Å²) >= 11 is 0. The molecule has 2 saturated heterocycles. The molecule has 0 aromatic heterocycles. The van der Waals surface area contributed by atoms with Crippen LogP contribution in [0.1, 0.15) is 20.3 Å². The van der Waals surface area contributed by atoms with Crippen LogP contribution in [0.3, 0.4) is 0 Å². The van der Waals surface area contributed by atoms with Crippen LogP contribution in [0.5, 0.6) is 0 Å². The Kier molecular flexibility index (Phi) is 3.61. The predicted molar refractivity (Wildman–Crippen MR) is 56.8 cm³/mol. The Morgan fingerprint density at radius 1 is 1.27 bits per heavy atom. The lowest BCUT2D eigenvalue weighted by Crippen LogP contribution is -2.38. The molecule has 2 fully saturated rings. The highest BCUT2D eigenvalue weighted by Crippen LogP contribution is 2.24. The molecule has 1 unspecified atom stereocenters. The van der Waals surface area contributed by atoms with Gasteiger partial charge in [-0.15, -0.1) is 0 Å². The molecule has 15 heavy (non-hydrogen) atoms. The molecular formula is C11H21NO3. The highest BCUT2D eigenvalue weighted by molar-refractivity contribution is 4.73. The van der Waals surface area contributed by atoms with Gasteiger partial charge in [-0.2, -0.15) is 0 Å². The fraction of sp³-hybridized carbons (Fsp3) is 1.00. The second-order valence-electron chi connectivity index (χ2n) is 4.69. The summed E-state index contributed by atoms with van der Waals surface area (Å²) in [7, 11) is 0. The third-order valence-electron chi connectivity index (χ3n) is 2.94. The van der Waals surface area contributed by atoms with Crippen molar-refractivity contribution in [2.24, 2.45) is 0 Å². The Bertz CT molecular complexity index is 202. The monoisotopic (exact) mass is 215 g/mol. The fourth-order valence-electron chi connectivity index (χ4n) is 2.06. The minimum absolute atomic E-state index is 0.267. The predicted octanol–water partition coefficient (Wildman–Crippen LogP) is 0.860. The first-order valence-corrected chi connectivity index (χ1v) is 5.78. The second-order valence-corrected chi connectivity index (χ2v) is 4.69. The van der Waals surface area contributed by atoms with Crippen LogP contribution in [0.2, 0.25) is 0 Å². The summed E-state index contributed by atoms with van der Waals surface area (Å²) in [5, 5.41) is 0. The van der Waals surface area contributed by atoms with Gasteiger partial charge < -0.3 is 14.2 Å². The lowest BCUT2D eigenvalue weighted by atomic mass is 10.2. The Labute approximate surface area is 91.5 Å². The van der Waals surface area contributed by atoms with Crippen LogP contribution < -0.4 is 0 Å². The van der Waals surface area contributed by atoms with E-state index in [1.807, 2.05) is 13.8 Å². The second kappa shape index (κ2) is 4.78. The van der Waals surface area contributed by atoms with Gasteiger partial charge in [-0.25, -0.2) is 0 Å². The quantitative estimate of drug-likeness (QED) is 0.698. The number of hydrogen-bond donors (Lipinski definition) is 0. The van der Waals surface area contributed by atoms with Gasteiger partial charge in [0.2, 0.25) is 0 Å². The van der Waals surface area contributed by atoms with Crippen molar-refractivity contribution in [3.8, 4) is 0 Å². The molecule has 0 aliphatic carbocycles. The molecule has 0 amide bonds. The molecule has 0 spiro atoms. The fourth-order valence-corrected chi connectivity index (χ4v) is 2.06. The molecule has 4 nitrogen and oxygen atoms in total. The van der Waals surface area contributed by atoms with E-state index >= 15 is 0 Å². The van der Waals surface area contributed by atoms with Gasteiger partial charge in [-0.1, -0.05) is 0 Å². The largest absolute Gasteiger partial charge is 0.379 e. The number of hydrogen-bond acceptors (Lipinski definition) is 4. The van der Waals surface area contributed by atoms with Crippen molar-refractivity contribution in [2.75, 3.05) is 39.5 Å². The Morgan fingerprint density at radius 2 is 2.00 bits per heavy atom. The van der Waals surface area contributed by atoms with Gasteiger partial charge in [0.1, 0.15) is 0 Å². The maximum Gasteiger partial charge on any atom is 0.163 e. The molecule has 0 N–H and O–H groups in total. The summed E-state index contributed by atoms with van der Waals surface area (Å²) in [5.41, 5.74) is 0. The highest BCUT2D eigenvalue weighted by atomic mass is 16.7. The van der Waals surface area contributed by atoms with Crippen LogP contribution in [0, 0.1) is 0 Å². The summed E-state index contributed by atoms with van der Waals surface area (Å²) in [4.78, 5) is 2.43. The van der Waals surface area contributed by atoms with Crippen molar-refractivity contribution in [3.05, 3.63) is 0 Å². The molecule has 0 bridgehead atoms. The molecule has 1 atom stereocenters. The minimum atomic E-state index is -0.379. The number of ether oxygens (including phenoxy) is 3. The van der Waals surface area contributed by atoms with Crippen molar-refractivity contribution < 1.29 is 14.2 Å². The van der Waals surface area contributed by atoms with Crippen LogP contribution in [0.4, 0.5) is 0 Å². The van der Waals surface area contributed by atoms with E-state index in [1.165, 1.54) is 0 Å². The molecule has 0 saturated carbocycles. The van der Waals surface area contributed by atoms with Gasteiger partial charge in [0.15, 0.2) is 5.79 Å². The van der Waals surface area contributed by atoms with Crippen LogP contribution in [-0.4, -0.2) is 56.2 Å². The molecule has 88 valence electrons. The molecule has 0 aromatic carbocycles. The summed E-state index contributed by atoms with van der Waals surface area (Å²) < 4.78 is 16.6. The van der Waals surface area contributed by atoms with Crippen LogP contribution >= 0.6 is 0 Å². The zero-order valence-corrected chi connectivity index (χ0v) is 9.70. The Balaban J connectivity index is 1.65. The smallest absolute Gasteiger partial charge is 0.163 e. The van der Waals surface area contributed by atoms with Crippen molar-refractivity contribution in [1.82, 2.24) is 4.90 Å². The average Bonchev–Trinajstić information content (AvgIpc) is 2.57. The van der Waals surface area contributed by atoms with Crippen molar-refractivity contribution in [2.45, 2.75) is 32.2 Å². The zero-order chi connectivity index (χ0) is 10.7. The normalized spacial score (nSPS) is 32.0. The molecule has 0 radical (unpaired) electrons. The van der Waals surface area contributed by atoms with Gasteiger partial charge >= 0.3 is 0 Å². The van der Waals surface area contributed by atoms with E-state index in [9.17, 15) is 0 Å². The van der Waals surface area contributed by atoms with Crippen molar-refractivity contribution >= 4 is 0 Å².